The van der Waals surface area contributed by atoms with Gasteiger partial charge in [-0.2, -0.15) is 8.78 Å². The van der Waals surface area contributed by atoms with Crippen LogP contribution in [0.3, 0.4) is 0 Å². The number of aromatic nitrogens is 1. The van der Waals surface area contributed by atoms with Crippen molar-refractivity contribution in [3.63, 3.8) is 0 Å². The lowest BCUT2D eigenvalue weighted by molar-refractivity contribution is -0.202. The molecule has 1 aliphatic rings. The van der Waals surface area contributed by atoms with E-state index in [0.29, 0.717) is 30.9 Å². The van der Waals surface area contributed by atoms with E-state index in [-0.39, 0.29) is 29.3 Å². The fourth-order valence-corrected chi connectivity index (χ4v) is 3.30. The minimum Gasteiger partial charge on any atom is -0.429 e. The van der Waals surface area contributed by atoms with E-state index < -0.39 is 52.8 Å². The van der Waals surface area contributed by atoms with Gasteiger partial charge in [-0.25, -0.2) is 22.0 Å². The molecule has 0 atom stereocenters. The van der Waals surface area contributed by atoms with Gasteiger partial charge in [0.2, 0.25) is 0 Å². The van der Waals surface area contributed by atoms with Crippen LogP contribution in [0.1, 0.15) is 24.3 Å². The number of hydrogen-bond acceptors (Lipinski definition) is 4. The van der Waals surface area contributed by atoms with Crippen LogP contribution < -0.4 is 4.74 Å². The van der Waals surface area contributed by atoms with Crippen molar-refractivity contribution in [3.8, 4) is 17.0 Å². The summed E-state index contributed by atoms with van der Waals surface area (Å²) in [6.07, 6.45) is -3.95. The normalized spacial score (nSPS) is 18.7. The van der Waals surface area contributed by atoms with Crippen molar-refractivity contribution in [2.24, 2.45) is 5.92 Å². The molecule has 0 aliphatic carbocycles. The molecule has 1 aliphatic heterocycles. The zero-order valence-electron chi connectivity index (χ0n) is 17.4. The first-order valence-corrected chi connectivity index (χ1v) is 9.95. The molecule has 180 valence electrons. The van der Waals surface area contributed by atoms with Gasteiger partial charge in [0, 0.05) is 35.4 Å². The molecule has 0 radical (unpaired) electrons. The fourth-order valence-electron chi connectivity index (χ4n) is 3.30. The van der Waals surface area contributed by atoms with E-state index >= 15 is 0 Å². The second kappa shape index (κ2) is 9.22. The summed E-state index contributed by atoms with van der Waals surface area (Å²) in [6.45, 7) is 2.92. The lowest BCUT2D eigenvalue weighted by atomic mass is 10.1. The Morgan fingerprint density at radius 1 is 0.882 bits per heavy atom. The summed E-state index contributed by atoms with van der Waals surface area (Å²) in [5.41, 5.74) is -1.31. The highest BCUT2D eigenvalue weighted by Crippen LogP contribution is 2.37. The molecule has 4 rings (SSSR count). The molecule has 0 amide bonds. The van der Waals surface area contributed by atoms with Crippen LogP contribution in [-0.4, -0.2) is 18.2 Å². The fraction of sp³-hybridized carbons (Fsp3) is 0.261. The highest BCUT2D eigenvalue weighted by atomic mass is 19.3. The number of benzene rings is 2. The Balaban J connectivity index is 1.58. The summed E-state index contributed by atoms with van der Waals surface area (Å²) < 4.78 is 113. The third kappa shape index (κ3) is 4.85. The van der Waals surface area contributed by atoms with Crippen molar-refractivity contribution in [1.82, 2.24) is 4.98 Å². The summed E-state index contributed by atoms with van der Waals surface area (Å²) in [7, 11) is 0. The van der Waals surface area contributed by atoms with Crippen molar-refractivity contribution in [1.29, 1.82) is 0 Å². The number of halogens is 7. The summed E-state index contributed by atoms with van der Waals surface area (Å²) in [4.78, 5) is 4.08. The van der Waals surface area contributed by atoms with Crippen LogP contribution in [0.25, 0.3) is 11.3 Å². The Hall–Kier alpha value is -3.18. The van der Waals surface area contributed by atoms with Crippen LogP contribution in [0, 0.1) is 35.0 Å². The molecule has 0 bridgehead atoms. The van der Waals surface area contributed by atoms with Crippen molar-refractivity contribution in [2.45, 2.75) is 19.3 Å². The van der Waals surface area contributed by atoms with Gasteiger partial charge in [-0.15, -0.1) is 0 Å². The lowest BCUT2D eigenvalue weighted by Gasteiger charge is -2.27. The van der Waals surface area contributed by atoms with Crippen LogP contribution in [0.4, 0.5) is 30.7 Å². The first-order valence-electron chi connectivity index (χ1n) is 9.95. The van der Waals surface area contributed by atoms with Gasteiger partial charge < -0.3 is 14.2 Å². The highest BCUT2D eigenvalue weighted by molar-refractivity contribution is 5.60. The molecule has 11 heteroatoms. The minimum atomic E-state index is -4.67. The van der Waals surface area contributed by atoms with Gasteiger partial charge in [0.25, 0.3) is 0 Å². The van der Waals surface area contributed by atoms with Crippen molar-refractivity contribution < 1.29 is 44.9 Å². The van der Waals surface area contributed by atoms with Crippen LogP contribution >= 0.6 is 0 Å². The third-order valence-electron chi connectivity index (χ3n) is 4.96. The van der Waals surface area contributed by atoms with E-state index in [9.17, 15) is 30.7 Å². The summed E-state index contributed by atoms with van der Waals surface area (Å²) in [5, 5.41) is 0. The average Bonchev–Trinajstić information content (AvgIpc) is 2.77. The number of alkyl halides is 2. The highest BCUT2D eigenvalue weighted by Gasteiger charge is 2.41. The number of ether oxygens (including phenoxy) is 3. The minimum absolute atomic E-state index is 0.0733. The zero-order chi connectivity index (χ0) is 24.6. The molecule has 1 saturated heterocycles. The maximum atomic E-state index is 14.5. The van der Waals surface area contributed by atoms with Gasteiger partial charge >= 0.3 is 6.11 Å². The van der Waals surface area contributed by atoms with E-state index in [1.807, 2.05) is 6.92 Å². The molecule has 2 heterocycles. The lowest BCUT2D eigenvalue weighted by Crippen LogP contribution is -2.25. The smallest absolute Gasteiger partial charge is 0.429 e. The van der Waals surface area contributed by atoms with Gasteiger partial charge in [-0.05, 0) is 18.2 Å². The Labute approximate surface area is 188 Å². The van der Waals surface area contributed by atoms with Gasteiger partial charge in [0.15, 0.2) is 23.7 Å². The Bertz CT molecular complexity index is 1150. The SMILES string of the molecule is CC1COC(c2ccc(-c3cc(F)c(C(F)(F)Oc4cc(F)c(F)c(F)c4)c(F)c3)nc2)OC1. The molecule has 1 aromatic heterocycles. The number of nitrogens with zero attached hydrogens (tertiary/aromatic N) is 1. The van der Waals surface area contributed by atoms with Gasteiger partial charge in [0.05, 0.1) is 18.9 Å². The third-order valence-corrected chi connectivity index (χ3v) is 4.96. The maximum absolute atomic E-state index is 14.5. The summed E-state index contributed by atoms with van der Waals surface area (Å²) in [6, 6.07) is 4.44. The van der Waals surface area contributed by atoms with Crippen LogP contribution in [0.5, 0.6) is 5.75 Å². The predicted octanol–water partition coefficient (Wildman–Crippen LogP) is 6.25. The first kappa shape index (κ1) is 24.0. The molecular formula is C23H16F7NO3. The molecule has 0 spiro atoms. The first-order chi connectivity index (χ1) is 16.0. The van der Waals surface area contributed by atoms with Crippen molar-refractivity contribution >= 4 is 0 Å². The number of rotatable bonds is 5. The van der Waals surface area contributed by atoms with Crippen LogP contribution in [0.2, 0.25) is 0 Å². The molecular weight excluding hydrogens is 471 g/mol. The average molecular weight is 487 g/mol. The second-order valence-corrected chi connectivity index (χ2v) is 7.72. The predicted molar refractivity (Wildman–Crippen MR) is 104 cm³/mol. The monoisotopic (exact) mass is 487 g/mol. The largest absolute Gasteiger partial charge is 0.432 e. The topological polar surface area (TPSA) is 40.6 Å². The van der Waals surface area contributed by atoms with E-state index in [4.69, 9.17) is 9.47 Å². The van der Waals surface area contributed by atoms with Crippen LogP contribution in [-0.2, 0) is 15.6 Å². The Morgan fingerprint density at radius 2 is 1.47 bits per heavy atom. The standard InChI is InChI=1S/C23H16F7NO3/c1-11-9-32-22(33-10-11)12-2-3-19(31-8-12)13-4-15(24)20(16(25)5-13)23(29,30)34-14-6-17(26)21(28)18(27)7-14/h2-8,11,22H,9-10H2,1H3. The molecule has 0 N–H and O–H groups in total. The number of pyridine rings is 1. The Morgan fingerprint density at radius 3 is 2.00 bits per heavy atom. The quantitative estimate of drug-likeness (QED) is 0.315. The molecule has 4 nitrogen and oxygen atoms in total. The maximum Gasteiger partial charge on any atom is 0.432 e. The van der Waals surface area contributed by atoms with Gasteiger partial charge in [-0.3, -0.25) is 4.98 Å². The zero-order valence-corrected chi connectivity index (χ0v) is 17.4. The summed E-state index contributed by atoms with van der Waals surface area (Å²) in [5.74, 6) is -9.85. The van der Waals surface area contributed by atoms with Crippen molar-refractivity contribution in [2.75, 3.05) is 13.2 Å². The second-order valence-electron chi connectivity index (χ2n) is 7.72. The molecule has 3 aromatic rings. The van der Waals surface area contributed by atoms with E-state index in [2.05, 4.69) is 9.72 Å². The molecule has 34 heavy (non-hydrogen) atoms. The van der Waals surface area contributed by atoms with E-state index in [0.717, 1.165) is 0 Å². The molecule has 2 aromatic carbocycles. The Kier molecular flexibility index (Phi) is 6.50. The molecule has 1 fully saturated rings. The van der Waals surface area contributed by atoms with Crippen LogP contribution in [0.15, 0.2) is 42.6 Å². The van der Waals surface area contributed by atoms with E-state index in [1.54, 1.807) is 6.07 Å². The van der Waals surface area contributed by atoms with Gasteiger partial charge in [0.1, 0.15) is 22.9 Å². The molecule has 0 unspecified atom stereocenters. The van der Waals surface area contributed by atoms with Crippen molar-refractivity contribution in [3.05, 3.63) is 82.8 Å². The molecule has 0 saturated carbocycles. The van der Waals surface area contributed by atoms with Gasteiger partial charge in [-0.1, -0.05) is 13.0 Å². The summed E-state index contributed by atoms with van der Waals surface area (Å²) >= 11 is 0. The number of hydrogen-bond donors (Lipinski definition) is 0. The van der Waals surface area contributed by atoms with E-state index in [1.165, 1.54) is 12.3 Å².